The first kappa shape index (κ1) is 9.72. The van der Waals surface area contributed by atoms with Gasteiger partial charge in [-0.05, 0) is 22.9 Å². The van der Waals surface area contributed by atoms with Gasteiger partial charge in [0.1, 0.15) is 12.1 Å². The Bertz CT molecular complexity index is 640. The van der Waals surface area contributed by atoms with E-state index < -0.39 is 0 Å². The first-order valence-corrected chi connectivity index (χ1v) is 5.13. The van der Waals surface area contributed by atoms with E-state index >= 15 is 0 Å². The van der Waals surface area contributed by atoms with Gasteiger partial charge < -0.3 is 4.74 Å². The molecule has 0 bridgehead atoms. The van der Waals surface area contributed by atoms with Crippen LogP contribution in [0, 0.1) is 6.33 Å². The molecule has 2 aromatic carbocycles. The Kier molecular flexibility index (Phi) is 2.38. The normalized spacial score (nSPS) is 10.4. The van der Waals surface area contributed by atoms with Crippen molar-refractivity contribution in [2.45, 2.75) is 0 Å². The van der Waals surface area contributed by atoms with Crippen LogP contribution in [-0.2, 0) is 0 Å². The molecule has 1 aromatic heterocycles. The molecule has 0 saturated carbocycles. The fourth-order valence-electron chi connectivity index (χ4n) is 1.59. The van der Waals surface area contributed by atoms with Crippen LogP contribution in [0.3, 0.4) is 0 Å². The van der Waals surface area contributed by atoms with Gasteiger partial charge in [-0.3, -0.25) is 0 Å². The third-order valence-electron chi connectivity index (χ3n) is 2.36. The summed E-state index contributed by atoms with van der Waals surface area (Å²) in [6.45, 7) is 0. The number of ether oxygens (including phenoxy) is 1. The van der Waals surface area contributed by atoms with Gasteiger partial charge in [-0.1, -0.05) is 30.3 Å². The van der Waals surface area contributed by atoms with Crippen molar-refractivity contribution in [2.24, 2.45) is 0 Å². The number of aromatic nitrogens is 3. The Hall–Kier alpha value is -2.49. The maximum atomic E-state index is 5.49. The van der Waals surface area contributed by atoms with Crippen LogP contribution in [0.25, 0.3) is 10.8 Å². The number of hydrogen-bond acceptors (Lipinski definition) is 4. The van der Waals surface area contributed by atoms with Crippen LogP contribution in [0.5, 0.6) is 11.8 Å². The van der Waals surface area contributed by atoms with Crippen LogP contribution in [0.15, 0.2) is 48.8 Å². The van der Waals surface area contributed by atoms with Crippen LogP contribution in [0.1, 0.15) is 0 Å². The van der Waals surface area contributed by atoms with Gasteiger partial charge in [0.05, 0.1) is 0 Å². The van der Waals surface area contributed by atoms with E-state index in [0.29, 0.717) is 5.75 Å². The number of hydrogen-bond donors (Lipinski definition) is 0. The topological polar surface area (TPSA) is 47.9 Å². The van der Waals surface area contributed by atoms with Crippen LogP contribution < -0.4 is 4.74 Å². The van der Waals surface area contributed by atoms with E-state index in [9.17, 15) is 0 Å². The highest BCUT2D eigenvalue weighted by Gasteiger charge is 2.00. The van der Waals surface area contributed by atoms with Gasteiger partial charge in [0, 0.05) is 0 Å². The molecule has 81 valence electrons. The standard InChI is InChI=1S/C13H8N3O/c1-2-4-11-7-12(6-5-10(11)3-1)17-13-15-8-14-9-16-13/h1-8H. The molecule has 0 saturated heterocycles. The minimum absolute atomic E-state index is 0.246. The molecular formula is C13H8N3O. The number of rotatable bonds is 2. The predicted molar refractivity (Wildman–Crippen MR) is 62.7 cm³/mol. The predicted octanol–water partition coefficient (Wildman–Crippen LogP) is 2.62. The summed E-state index contributed by atoms with van der Waals surface area (Å²) in [6.07, 6.45) is 3.78. The lowest BCUT2D eigenvalue weighted by atomic mass is 10.1. The average molecular weight is 222 g/mol. The third-order valence-corrected chi connectivity index (χ3v) is 2.36. The Morgan fingerprint density at radius 1 is 1.00 bits per heavy atom. The number of fused-ring (bicyclic) bond motifs is 1. The first-order valence-electron chi connectivity index (χ1n) is 5.13. The maximum absolute atomic E-state index is 5.49. The summed E-state index contributed by atoms with van der Waals surface area (Å²) >= 11 is 0. The van der Waals surface area contributed by atoms with Gasteiger partial charge in [0.25, 0.3) is 0 Å². The lowest BCUT2D eigenvalue weighted by Gasteiger charge is -2.04. The molecule has 4 heteroatoms. The monoisotopic (exact) mass is 222 g/mol. The number of nitrogens with zero attached hydrogens (tertiary/aromatic N) is 3. The highest BCUT2D eigenvalue weighted by Crippen LogP contribution is 2.23. The summed E-state index contributed by atoms with van der Waals surface area (Å²) < 4.78 is 5.49. The summed E-state index contributed by atoms with van der Waals surface area (Å²) in [4.78, 5) is 11.3. The summed E-state index contributed by atoms with van der Waals surface area (Å²) in [5.41, 5.74) is 0. The highest BCUT2D eigenvalue weighted by molar-refractivity contribution is 5.83. The SMILES string of the molecule is [c]1ncnc(Oc2ccc3ccccc3c2)n1. The molecule has 4 nitrogen and oxygen atoms in total. The molecule has 0 N–H and O–H groups in total. The van der Waals surface area contributed by atoms with Gasteiger partial charge in [0.15, 0.2) is 0 Å². The Morgan fingerprint density at radius 2 is 1.88 bits per heavy atom. The fourth-order valence-corrected chi connectivity index (χ4v) is 1.59. The molecule has 0 aliphatic carbocycles. The zero-order valence-corrected chi connectivity index (χ0v) is 8.87. The van der Waals surface area contributed by atoms with E-state index in [2.05, 4.69) is 27.3 Å². The minimum atomic E-state index is 0.246. The fraction of sp³-hybridized carbons (Fsp3) is 0. The smallest absolute Gasteiger partial charge is 0.325 e. The van der Waals surface area contributed by atoms with Crippen LogP contribution in [0.4, 0.5) is 0 Å². The largest absolute Gasteiger partial charge is 0.424 e. The summed E-state index contributed by atoms with van der Waals surface area (Å²) in [6, 6.07) is 14.1. The molecule has 0 atom stereocenters. The summed E-state index contributed by atoms with van der Waals surface area (Å²) in [7, 11) is 0. The first-order chi connectivity index (χ1) is 8.42. The highest BCUT2D eigenvalue weighted by atomic mass is 16.5. The molecule has 0 unspecified atom stereocenters. The molecule has 0 aliphatic rings. The van der Waals surface area contributed by atoms with Gasteiger partial charge in [-0.15, -0.1) is 0 Å². The molecule has 0 amide bonds. The minimum Gasteiger partial charge on any atom is -0.424 e. The van der Waals surface area contributed by atoms with Crippen molar-refractivity contribution in [3.63, 3.8) is 0 Å². The zero-order valence-electron chi connectivity index (χ0n) is 8.87. The third kappa shape index (κ3) is 2.06. The number of benzene rings is 2. The zero-order chi connectivity index (χ0) is 11.5. The quantitative estimate of drug-likeness (QED) is 0.668. The Morgan fingerprint density at radius 3 is 2.71 bits per heavy atom. The summed E-state index contributed by atoms with van der Waals surface area (Å²) in [5, 5.41) is 2.28. The molecule has 0 aliphatic heterocycles. The second kappa shape index (κ2) is 4.17. The lowest BCUT2D eigenvalue weighted by Crippen LogP contribution is -1.91. The molecule has 17 heavy (non-hydrogen) atoms. The van der Waals surface area contributed by atoms with E-state index in [4.69, 9.17) is 4.74 Å². The Labute approximate surface area is 97.9 Å². The van der Waals surface area contributed by atoms with Crippen molar-refractivity contribution < 1.29 is 4.74 Å². The molecule has 1 radical (unpaired) electrons. The lowest BCUT2D eigenvalue weighted by molar-refractivity contribution is 0.439. The van der Waals surface area contributed by atoms with Gasteiger partial charge in [-0.2, -0.15) is 9.97 Å². The van der Waals surface area contributed by atoms with Crippen molar-refractivity contribution in [1.82, 2.24) is 15.0 Å². The molecule has 0 spiro atoms. The molecule has 3 rings (SSSR count). The molecule has 1 heterocycles. The Balaban J connectivity index is 1.96. The average Bonchev–Trinajstić information content (AvgIpc) is 2.40. The van der Waals surface area contributed by atoms with Gasteiger partial charge in [-0.25, -0.2) is 4.98 Å². The van der Waals surface area contributed by atoms with Gasteiger partial charge in [0.2, 0.25) is 6.33 Å². The van der Waals surface area contributed by atoms with Crippen molar-refractivity contribution in [1.29, 1.82) is 0 Å². The molecular weight excluding hydrogens is 214 g/mol. The molecule has 0 fully saturated rings. The van der Waals surface area contributed by atoms with E-state index in [1.165, 1.54) is 11.7 Å². The maximum Gasteiger partial charge on any atom is 0.325 e. The van der Waals surface area contributed by atoms with Crippen LogP contribution in [-0.4, -0.2) is 15.0 Å². The second-order valence-electron chi connectivity index (χ2n) is 3.48. The van der Waals surface area contributed by atoms with Gasteiger partial charge >= 0.3 is 6.01 Å². The van der Waals surface area contributed by atoms with Crippen molar-refractivity contribution in [2.75, 3.05) is 0 Å². The van der Waals surface area contributed by atoms with E-state index in [0.717, 1.165) is 5.39 Å². The van der Waals surface area contributed by atoms with Crippen LogP contribution in [0.2, 0.25) is 0 Å². The van der Waals surface area contributed by atoms with Crippen molar-refractivity contribution in [3.05, 3.63) is 55.1 Å². The molecule has 3 aromatic rings. The van der Waals surface area contributed by atoms with Crippen molar-refractivity contribution in [3.8, 4) is 11.8 Å². The van der Waals surface area contributed by atoms with Crippen molar-refractivity contribution >= 4 is 10.8 Å². The summed E-state index contributed by atoms with van der Waals surface area (Å²) in [5.74, 6) is 0.698. The van der Waals surface area contributed by atoms with Crippen LogP contribution >= 0.6 is 0 Å². The van der Waals surface area contributed by atoms with E-state index in [1.54, 1.807) is 0 Å². The van der Waals surface area contributed by atoms with E-state index in [1.807, 2.05) is 36.4 Å². The second-order valence-corrected chi connectivity index (χ2v) is 3.48. The van der Waals surface area contributed by atoms with E-state index in [-0.39, 0.29) is 6.01 Å².